The SMILES string of the molecule is CC(=O)N1CCCC1C(=O)NC(Cc1cnc[nH]1)C(=O)NC(CO)C(=O)NC(CS)C(=O)NC(CC(N)=O)C(N)=O.O=C(O)C(F)(F)F. The molecule has 1 aromatic rings. The summed E-state index contributed by atoms with van der Waals surface area (Å²) in [6, 6.07) is -6.34. The number of nitrogens with zero attached hydrogens (tertiary/aromatic N) is 2. The summed E-state index contributed by atoms with van der Waals surface area (Å²) in [6.45, 7) is 0.866. The van der Waals surface area contributed by atoms with Crippen molar-refractivity contribution in [2.45, 2.75) is 69.0 Å². The van der Waals surface area contributed by atoms with Gasteiger partial charge in [-0.3, -0.25) is 33.6 Å². The quantitative estimate of drug-likeness (QED) is 0.0778. The van der Waals surface area contributed by atoms with Gasteiger partial charge in [0, 0.05) is 37.5 Å². The molecular formula is C25H36F3N9O10S. The number of imidazole rings is 1. The number of amides is 7. The van der Waals surface area contributed by atoms with E-state index in [0.29, 0.717) is 25.1 Å². The third-order valence-corrected chi connectivity index (χ3v) is 6.88. The lowest BCUT2D eigenvalue weighted by atomic mass is 10.1. The van der Waals surface area contributed by atoms with Crippen LogP contribution in [-0.2, 0) is 44.8 Å². The van der Waals surface area contributed by atoms with E-state index in [0.717, 1.165) is 0 Å². The molecule has 0 aliphatic carbocycles. The molecule has 268 valence electrons. The number of hydrogen-bond acceptors (Lipinski definition) is 11. The third-order valence-electron chi connectivity index (χ3n) is 6.51. The first-order valence-electron chi connectivity index (χ1n) is 13.9. The number of carboxylic acid groups (broad SMARTS) is 1. The fraction of sp³-hybridized carbons (Fsp3) is 0.560. The number of primary amides is 2. The van der Waals surface area contributed by atoms with Crippen molar-refractivity contribution in [3.8, 4) is 0 Å². The fourth-order valence-electron chi connectivity index (χ4n) is 4.14. The molecule has 48 heavy (non-hydrogen) atoms. The van der Waals surface area contributed by atoms with Crippen molar-refractivity contribution in [3.63, 3.8) is 0 Å². The third kappa shape index (κ3) is 13.4. The molecule has 2 rings (SSSR count). The summed E-state index contributed by atoms with van der Waals surface area (Å²) in [4.78, 5) is 103. The number of carbonyl (C=O) groups is 8. The number of aliphatic hydroxyl groups excluding tert-OH is 1. The van der Waals surface area contributed by atoms with Gasteiger partial charge in [0.05, 0.1) is 19.4 Å². The van der Waals surface area contributed by atoms with E-state index < -0.39 is 90.8 Å². The van der Waals surface area contributed by atoms with Crippen molar-refractivity contribution in [3.05, 3.63) is 18.2 Å². The average molecular weight is 712 g/mol. The molecule has 5 atom stereocenters. The van der Waals surface area contributed by atoms with Crippen LogP contribution in [0.3, 0.4) is 0 Å². The van der Waals surface area contributed by atoms with Crippen LogP contribution >= 0.6 is 12.6 Å². The van der Waals surface area contributed by atoms with E-state index in [1.165, 1.54) is 24.3 Å². The molecule has 1 aliphatic heterocycles. The molecule has 2 heterocycles. The topological polar surface area (TPSA) is 309 Å². The summed E-state index contributed by atoms with van der Waals surface area (Å²) in [6.07, 6.45) is -1.87. The van der Waals surface area contributed by atoms with Crippen molar-refractivity contribution in [1.29, 1.82) is 0 Å². The molecule has 0 spiro atoms. The number of aliphatic carboxylic acids is 1. The van der Waals surface area contributed by atoms with Crippen LogP contribution in [-0.4, -0.2) is 128 Å². The van der Waals surface area contributed by atoms with Crippen LogP contribution in [0.25, 0.3) is 0 Å². The van der Waals surface area contributed by atoms with Crippen LogP contribution in [0.5, 0.6) is 0 Å². The maximum Gasteiger partial charge on any atom is 0.490 e. The number of halogens is 3. The van der Waals surface area contributed by atoms with Crippen LogP contribution in [0, 0.1) is 0 Å². The van der Waals surface area contributed by atoms with Crippen LogP contribution in [0.15, 0.2) is 12.5 Å². The van der Waals surface area contributed by atoms with Gasteiger partial charge >= 0.3 is 12.1 Å². The van der Waals surface area contributed by atoms with Crippen LogP contribution in [0.1, 0.15) is 31.9 Å². The number of thiol groups is 1. The second kappa shape index (κ2) is 19.0. The first kappa shape index (κ1) is 41.1. The minimum absolute atomic E-state index is 0.0554. The Kier molecular flexibility index (Phi) is 16.3. The molecule has 1 fully saturated rings. The predicted molar refractivity (Wildman–Crippen MR) is 158 cm³/mol. The van der Waals surface area contributed by atoms with Crippen molar-refractivity contribution in [2.24, 2.45) is 11.5 Å². The predicted octanol–water partition coefficient (Wildman–Crippen LogP) is -4.18. The van der Waals surface area contributed by atoms with Crippen LogP contribution < -0.4 is 32.7 Å². The lowest BCUT2D eigenvalue weighted by Crippen LogP contribution is -2.60. The average Bonchev–Trinajstić information content (AvgIpc) is 3.70. The molecule has 1 aliphatic rings. The Morgan fingerprint density at radius 2 is 1.54 bits per heavy atom. The molecule has 5 unspecified atom stereocenters. The largest absolute Gasteiger partial charge is 0.490 e. The summed E-state index contributed by atoms with van der Waals surface area (Å²) < 4.78 is 31.7. The van der Waals surface area contributed by atoms with Crippen molar-refractivity contribution >= 4 is 59.9 Å². The summed E-state index contributed by atoms with van der Waals surface area (Å²) >= 11 is 4.01. The number of H-pyrrole nitrogens is 1. The van der Waals surface area contributed by atoms with E-state index in [9.17, 15) is 51.8 Å². The molecule has 7 amide bonds. The van der Waals surface area contributed by atoms with Crippen LogP contribution in [0.2, 0.25) is 0 Å². The Labute approximate surface area is 275 Å². The highest BCUT2D eigenvalue weighted by Gasteiger charge is 2.38. The summed E-state index contributed by atoms with van der Waals surface area (Å²) in [7, 11) is 0. The molecular weight excluding hydrogens is 675 g/mol. The molecule has 0 radical (unpaired) electrons. The highest BCUT2D eigenvalue weighted by Crippen LogP contribution is 2.18. The molecule has 0 bridgehead atoms. The first-order valence-corrected chi connectivity index (χ1v) is 14.5. The van der Waals surface area contributed by atoms with Crippen molar-refractivity contribution in [2.75, 3.05) is 18.9 Å². The van der Waals surface area contributed by atoms with Gasteiger partial charge in [0.25, 0.3) is 0 Å². The van der Waals surface area contributed by atoms with Gasteiger partial charge in [-0.2, -0.15) is 25.8 Å². The molecule has 0 saturated carbocycles. The minimum Gasteiger partial charge on any atom is -0.475 e. The number of rotatable bonds is 15. The Bertz CT molecular complexity index is 1330. The van der Waals surface area contributed by atoms with Gasteiger partial charge in [0.1, 0.15) is 30.2 Å². The number of nitrogens with two attached hydrogens (primary N) is 2. The number of aromatic nitrogens is 2. The standard InChI is InChI=1S/C23H35N9O8S.C2HF3O2/c1-11(34)32-4-2-3-17(32)23(40)29-14(5-12-7-26-10-27-12)20(37)30-15(8-33)21(38)31-16(9-41)22(39)28-13(19(25)36)6-18(24)35;3-2(4,5)1(6)7/h7,10,13-17,33,41H,2-6,8-9H2,1H3,(H2,24,35)(H2,25,36)(H,26,27)(H,28,39)(H,29,40)(H,30,37)(H,31,38);(H,6,7). The monoisotopic (exact) mass is 711 g/mol. The Morgan fingerprint density at radius 3 is 2.00 bits per heavy atom. The van der Waals surface area contributed by atoms with E-state index >= 15 is 0 Å². The number of aromatic amines is 1. The molecule has 19 nitrogen and oxygen atoms in total. The molecule has 11 N–H and O–H groups in total. The number of nitrogens with one attached hydrogen (secondary N) is 5. The second-order valence-corrected chi connectivity index (χ2v) is 10.5. The summed E-state index contributed by atoms with van der Waals surface area (Å²) in [5.41, 5.74) is 10.7. The van der Waals surface area contributed by atoms with Gasteiger partial charge in [0.2, 0.25) is 41.4 Å². The zero-order chi connectivity index (χ0) is 36.8. The molecule has 23 heteroatoms. The van der Waals surface area contributed by atoms with Crippen molar-refractivity contribution in [1.82, 2.24) is 36.1 Å². The number of aliphatic hydroxyl groups is 1. The van der Waals surface area contributed by atoms with Gasteiger partial charge in [-0.05, 0) is 12.8 Å². The highest BCUT2D eigenvalue weighted by molar-refractivity contribution is 7.80. The summed E-state index contributed by atoms with van der Waals surface area (Å²) in [5, 5.41) is 26.4. The van der Waals surface area contributed by atoms with E-state index in [-0.39, 0.29) is 18.1 Å². The zero-order valence-electron chi connectivity index (χ0n) is 25.3. The van der Waals surface area contributed by atoms with E-state index in [4.69, 9.17) is 21.4 Å². The van der Waals surface area contributed by atoms with Crippen LogP contribution in [0.4, 0.5) is 13.2 Å². The van der Waals surface area contributed by atoms with E-state index in [1.54, 1.807) is 0 Å². The smallest absolute Gasteiger partial charge is 0.475 e. The first-order chi connectivity index (χ1) is 22.3. The van der Waals surface area contributed by atoms with Gasteiger partial charge in [-0.15, -0.1) is 0 Å². The number of carbonyl (C=O) groups excluding carboxylic acids is 7. The van der Waals surface area contributed by atoms with E-state index in [2.05, 4.69) is 43.9 Å². The maximum absolute atomic E-state index is 13.2. The van der Waals surface area contributed by atoms with Gasteiger partial charge in [-0.25, -0.2) is 9.78 Å². The molecule has 1 aromatic heterocycles. The Balaban J connectivity index is 0.00000148. The highest BCUT2D eigenvalue weighted by atomic mass is 32.1. The number of likely N-dealkylation sites (tertiary alicyclic amines) is 1. The second-order valence-electron chi connectivity index (χ2n) is 10.1. The lowest BCUT2D eigenvalue weighted by molar-refractivity contribution is -0.192. The van der Waals surface area contributed by atoms with Crippen molar-refractivity contribution < 1.29 is 61.7 Å². The fourth-order valence-corrected chi connectivity index (χ4v) is 4.40. The van der Waals surface area contributed by atoms with Gasteiger partial charge in [-0.1, -0.05) is 0 Å². The van der Waals surface area contributed by atoms with Gasteiger partial charge < -0.3 is 52.8 Å². The van der Waals surface area contributed by atoms with Gasteiger partial charge in [0.15, 0.2) is 0 Å². The maximum atomic E-state index is 13.2. The Hall–Kier alpha value is -4.93. The van der Waals surface area contributed by atoms with E-state index in [1.807, 2.05) is 0 Å². The molecule has 1 saturated heterocycles. The normalized spacial score (nSPS) is 16.5. The molecule has 0 aromatic carbocycles. The summed E-state index contributed by atoms with van der Waals surface area (Å²) in [5.74, 6) is -8.54. The number of hydrogen-bond donors (Lipinski definition) is 10. The zero-order valence-corrected chi connectivity index (χ0v) is 26.2. The lowest BCUT2D eigenvalue weighted by Gasteiger charge is -2.27. The Morgan fingerprint density at radius 1 is 1.00 bits per heavy atom. The number of alkyl halides is 3. The minimum atomic E-state index is -5.08. The number of carboxylic acids is 1.